The number of hydrogen-bond donors (Lipinski definition) is 1. The van der Waals surface area contributed by atoms with Crippen LogP contribution in [0, 0.1) is 6.92 Å². The fraction of sp³-hybridized carbons (Fsp3) is 0.273. The zero-order valence-electron chi connectivity index (χ0n) is 17.7. The number of amides is 1. The van der Waals surface area contributed by atoms with Crippen molar-refractivity contribution in [2.45, 2.75) is 26.4 Å². The first kappa shape index (κ1) is 20.8. The third kappa shape index (κ3) is 3.96. The van der Waals surface area contributed by atoms with Crippen LogP contribution in [-0.2, 0) is 6.54 Å². The number of aryl methyl sites for hydroxylation is 1. The molecule has 9 heteroatoms. The Kier molecular flexibility index (Phi) is 5.85. The number of methoxy groups -OCH3 is 1. The topological polar surface area (TPSA) is 93.4 Å². The zero-order chi connectivity index (χ0) is 22.0. The molecule has 160 valence electrons. The van der Waals surface area contributed by atoms with Gasteiger partial charge in [-0.15, -0.1) is 11.3 Å². The lowest BCUT2D eigenvalue weighted by molar-refractivity contribution is 0.0742. The number of aromatic nitrogens is 3. The fourth-order valence-corrected chi connectivity index (χ4v) is 4.54. The molecule has 1 aromatic carbocycles. The lowest BCUT2D eigenvalue weighted by Gasteiger charge is -2.22. The summed E-state index contributed by atoms with van der Waals surface area (Å²) >= 11 is 1.37. The highest BCUT2D eigenvalue weighted by Crippen LogP contribution is 2.35. The average molecular weight is 438 g/mol. The van der Waals surface area contributed by atoms with E-state index in [2.05, 4.69) is 20.4 Å². The molecular weight excluding hydrogens is 414 g/mol. The molecule has 4 aromatic rings. The number of nitrogens with zero attached hydrogens (tertiary/aromatic N) is 4. The number of para-hydroxylation sites is 1. The maximum atomic E-state index is 13.2. The summed E-state index contributed by atoms with van der Waals surface area (Å²) in [6, 6.07) is 9.36. The monoisotopic (exact) mass is 437 g/mol. The third-order valence-corrected chi connectivity index (χ3v) is 6.53. The van der Waals surface area contributed by atoms with Crippen molar-refractivity contribution in [1.29, 1.82) is 0 Å². The summed E-state index contributed by atoms with van der Waals surface area (Å²) in [5.74, 6) is 1.41. The minimum Gasteiger partial charge on any atom is -0.496 e. The molecule has 0 saturated heterocycles. The summed E-state index contributed by atoms with van der Waals surface area (Å²) in [5.41, 5.74) is 2.57. The maximum Gasteiger partial charge on any atom is 0.264 e. The number of hydrogen-bond acceptors (Lipinski definition) is 8. The van der Waals surface area contributed by atoms with Crippen molar-refractivity contribution in [3.8, 4) is 5.75 Å². The van der Waals surface area contributed by atoms with Gasteiger partial charge in [0.05, 0.1) is 23.4 Å². The first-order valence-corrected chi connectivity index (χ1v) is 10.6. The highest BCUT2D eigenvalue weighted by molar-refractivity contribution is 7.20. The van der Waals surface area contributed by atoms with Crippen molar-refractivity contribution < 1.29 is 14.1 Å². The lowest BCUT2D eigenvalue weighted by atomic mass is 10.1. The molecule has 31 heavy (non-hydrogen) atoms. The molecule has 8 nitrogen and oxygen atoms in total. The van der Waals surface area contributed by atoms with Crippen molar-refractivity contribution in [3.05, 3.63) is 64.6 Å². The minimum absolute atomic E-state index is 0.0910. The average Bonchev–Trinajstić information content (AvgIpc) is 3.45. The Bertz CT molecular complexity index is 1210. The van der Waals surface area contributed by atoms with Gasteiger partial charge in [0.15, 0.2) is 0 Å². The minimum atomic E-state index is -0.218. The van der Waals surface area contributed by atoms with E-state index in [0.29, 0.717) is 22.9 Å². The van der Waals surface area contributed by atoms with Crippen molar-refractivity contribution in [1.82, 2.24) is 20.0 Å². The van der Waals surface area contributed by atoms with Gasteiger partial charge in [0.2, 0.25) is 0 Å². The molecule has 0 radical (unpaired) electrons. The number of anilines is 1. The van der Waals surface area contributed by atoms with Crippen molar-refractivity contribution in [2.24, 2.45) is 0 Å². The van der Waals surface area contributed by atoms with Crippen LogP contribution in [0.2, 0.25) is 0 Å². The Balaban J connectivity index is 1.62. The van der Waals surface area contributed by atoms with E-state index < -0.39 is 0 Å². The van der Waals surface area contributed by atoms with E-state index in [1.807, 2.05) is 38.1 Å². The Morgan fingerprint density at radius 1 is 1.29 bits per heavy atom. The molecule has 4 rings (SSSR count). The van der Waals surface area contributed by atoms with Crippen molar-refractivity contribution in [2.75, 3.05) is 19.5 Å². The number of carbonyl (C=O) groups excluding carboxylic acids is 1. The van der Waals surface area contributed by atoms with E-state index in [1.165, 1.54) is 23.9 Å². The van der Waals surface area contributed by atoms with E-state index >= 15 is 0 Å². The van der Waals surface area contributed by atoms with Crippen LogP contribution in [-0.4, -0.2) is 40.1 Å². The number of rotatable bonds is 7. The number of benzene rings is 1. The fourth-order valence-electron chi connectivity index (χ4n) is 3.41. The lowest BCUT2D eigenvalue weighted by Crippen LogP contribution is -2.29. The van der Waals surface area contributed by atoms with Gasteiger partial charge in [-0.1, -0.05) is 23.4 Å². The molecule has 1 atom stereocenters. The molecule has 3 heterocycles. The largest absolute Gasteiger partial charge is 0.496 e. The highest BCUT2D eigenvalue weighted by atomic mass is 32.1. The smallest absolute Gasteiger partial charge is 0.264 e. The van der Waals surface area contributed by atoms with Crippen LogP contribution in [0.5, 0.6) is 5.75 Å². The molecule has 1 amide bonds. The molecule has 3 aromatic heterocycles. The highest BCUT2D eigenvalue weighted by Gasteiger charge is 2.26. The summed E-state index contributed by atoms with van der Waals surface area (Å²) in [5, 5.41) is 8.18. The van der Waals surface area contributed by atoms with Crippen LogP contribution in [0.1, 0.15) is 39.5 Å². The molecule has 0 bridgehead atoms. The van der Waals surface area contributed by atoms with E-state index in [1.54, 1.807) is 25.1 Å². The van der Waals surface area contributed by atoms with E-state index in [-0.39, 0.29) is 11.9 Å². The second-order valence-corrected chi connectivity index (χ2v) is 8.14. The molecule has 0 unspecified atom stereocenters. The van der Waals surface area contributed by atoms with Crippen LogP contribution < -0.4 is 10.1 Å². The van der Waals surface area contributed by atoms with Gasteiger partial charge in [-0.05, 0) is 25.5 Å². The molecule has 0 fully saturated rings. The summed E-state index contributed by atoms with van der Waals surface area (Å²) in [4.78, 5) is 25.1. The summed E-state index contributed by atoms with van der Waals surface area (Å²) in [6.45, 7) is 4.38. The number of fused-ring (bicyclic) bond motifs is 1. The molecule has 0 saturated carbocycles. The number of nitrogens with one attached hydrogen (secondary N) is 1. The predicted octanol–water partition coefficient (Wildman–Crippen LogP) is 4.44. The van der Waals surface area contributed by atoms with Crippen LogP contribution >= 0.6 is 11.3 Å². The Morgan fingerprint density at radius 2 is 2.10 bits per heavy atom. The van der Waals surface area contributed by atoms with Gasteiger partial charge in [-0.3, -0.25) is 4.79 Å². The molecule has 0 aliphatic heterocycles. The number of ether oxygens (including phenoxy) is 1. The molecular formula is C22H23N5O3S. The summed E-state index contributed by atoms with van der Waals surface area (Å²) in [7, 11) is 3.41. The Labute approximate surface area is 183 Å². The third-order valence-electron chi connectivity index (χ3n) is 5.35. The van der Waals surface area contributed by atoms with Gasteiger partial charge >= 0.3 is 0 Å². The standard InChI is InChI=1S/C22H23N5O3S/c1-13-18-20(23-11-15-7-5-6-8-17(15)29-4)24-12-25-21(18)31-19(13)22(28)27(3)14(2)16-9-10-30-26-16/h5-10,12,14H,11H2,1-4H3,(H,23,24,25)/t14-/m0/s1. The molecule has 0 spiro atoms. The molecule has 1 N–H and O–H groups in total. The van der Waals surface area contributed by atoms with Crippen LogP contribution in [0.25, 0.3) is 10.2 Å². The Hall–Kier alpha value is -3.46. The van der Waals surface area contributed by atoms with Gasteiger partial charge in [-0.25, -0.2) is 9.97 Å². The predicted molar refractivity (Wildman–Crippen MR) is 119 cm³/mol. The van der Waals surface area contributed by atoms with Gasteiger partial charge in [0.25, 0.3) is 5.91 Å². The van der Waals surface area contributed by atoms with E-state index in [9.17, 15) is 4.79 Å². The van der Waals surface area contributed by atoms with Crippen molar-refractivity contribution in [3.63, 3.8) is 0 Å². The quantitative estimate of drug-likeness (QED) is 0.457. The zero-order valence-corrected chi connectivity index (χ0v) is 18.6. The second-order valence-electron chi connectivity index (χ2n) is 7.14. The van der Waals surface area contributed by atoms with Gasteiger partial charge in [0, 0.05) is 25.2 Å². The number of thiophene rings is 1. The molecule has 0 aliphatic carbocycles. The maximum absolute atomic E-state index is 13.2. The van der Waals surface area contributed by atoms with Gasteiger partial charge < -0.3 is 19.5 Å². The first-order chi connectivity index (χ1) is 15.0. The first-order valence-electron chi connectivity index (χ1n) is 9.78. The van der Waals surface area contributed by atoms with E-state index in [0.717, 1.165) is 27.1 Å². The number of carbonyl (C=O) groups is 1. The van der Waals surface area contributed by atoms with Gasteiger partial charge in [0.1, 0.15) is 34.7 Å². The summed E-state index contributed by atoms with van der Waals surface area (Å²) < 4.78 is 10.3. The van der Waals surface area contributed by atoms with E-state index in [4.69, 9.17) is 9.26 Å². The van der Waals surface area contributed by atoms with Crippen LogP contribution in [0.4, 0.5) is 5.82 Å². The van der Waals surface area contributed by atoms with Crippen molar-refractivity contribution >= 4 is 33.3 Å². The van der Waals surface area contributed by atoms with Crippen LogP contribution in [0.15, 0.2) is 47.4 Å². The van der Waals surface area contributed by atoms with Gasteiger partial charge in [-0.2, -0.15) is 0 Å². The van der Waals surface area contributed by atoms with Crippen LogP contribution in [0.3, 0.4) is 0 Å². The normalized spacial score (nSPS) is 12.0. The molecule has 0 aliphatic rings. The summed E-state index contributed by atoms with van der Waals surface area (Å²) in [6.07, 6.45) is 3.02. The SMILES string of the molecule is COc1ccccc1CNc1ncnc2sc(C(=O)N(C)[C@@H](C)c3ccon3)c(C)c12. The second kappa shape index (κ2) is 8.73. The Morgan fingerprint density at radius 3 is 2.84 bits per heavy atom.